The standard InChI is InChI=1S/C23H28O4/c1-22-8-7-15(24)10-14(22)3-4-16-18-6-5-17(13-9-20(26)27-12-13)23(18,2)11-19(25)21(16)22/h6,9,14,16-17,21H,3-5,7-8,10-12H2,1-2H3/t14-,16+,17-,21-,22+,23-/m1/s1. The summed E-state index contributed by atoms with van der Waals surface area (Å²) >= 11 is 0. The predicted octanol–water partition coefficient (Wildman–Crippen LogP) is 3.80. The van der Waals surface area contributed by atoms with Gasteiger partial charge in [0, 0.05) is 36.7 Å². The highest BCUT2D eigenvalue weighted by atomic mass is 16.5. The Labute approximate surface area is 160 Å². The van der Waals surface area contributed by atoms with Crippen LogP contribution in [0.25, 0.3) is 0 Å². The molecule has 1 aliphatic heterocycles. The molecule has 0 aromatic carbocycles. The van der Waals surface area contributed by atoms with Crippen LogP contribution in [-0.2, 0) is 19.1 Å². The Bertz CT molecular complexity index is 805. The number of carbonyl (C=O) groups excluding carboxylic acids is 3. The molecule has 5 aliphatic rings. The summed E-state index contributed by atoms with van der Waals surface area (Å²) in [4.78, 5) is 37.1. The lowest BCUT2D eigenvalue weighted by molar-refractivity contribution is -0.148. The van der Waals surface area contributed by atoms with Crippen molar-refractivity contribution in [3.05, 3.63) is 23.3 Å². The average Bonchev–Trinajstić information content (AvgIpc) is 3.17. The third kappa shape index (κ3) is 2.31. The summed E-state index contributed by atoms with van der Waals surface area (Å²) in [6.07, 6.45) is 9.73. The maximum absolute atomic E-state index is 13.5. The largest absolute Gasteiger partial charge is 0.458 e. The molecule has 4 aliphatic carbocycles. The zero-order chi connectivity index (χ0) is 19.0. The molecule has 0 bridgehead atoms. The van der Waals surface area contributed by atoms with Gasteiger partial charge in [0.25, 0.3) is 0 Å². The van der Waals surface area contributed by atoms with Crippen LogP contribution in [-0.4, -0.2) is 24.1 Å². The van der Waals surface area contributed by atoms with Crippen molar-refractivity contribution in [2.45, 2.75) is 58.8 Å². The second kappa shape index (κ2) is 5.65. The van der Waals surface area contributed by atoms with E-state index in [2.05, 4.69) is 19.9 Å². The van der Waals surface area contributed by atoms with Crippen LogP contribution in [0.4, 0.5) is 0 Å². The first-order chi connectivity index (χ1) is 12.8. The van der Waals surface area contributed by atoms with Gasteiger partial charge in [0.05, 0.1) is 0 Å². The first-order valence-electron chi connectivity index (χ1n) is 10.4. The molecule has 0 amide bonds. The second-order valence-electron chi connectivity index (χ2n) is 9.94. The smallest absolute Gasteiger partial charge is 0.331 e. The maximum Gasteiger partial charge on any atom is 0.331 e. The first kappa shape index (κ1) is 17.4. The van der Waals surface area contributed by atoms with Crippen LogP contribution in [0.15, 0.2) is 23.3 Å². The molecule has 0 N–H and O–H groups in total. The summed E-state index contributed by atoms with van der Waals surface area (Å²) < 4.78 is 5.16. The molecule has 0 radical (unpaired) electrons. The molecule has 0 spiro atoms. The molecule has 0 unspecified atom stereocenters. The molecule has 27 heavy (non-hydrogen) atoms. The molecule has 144 valence electrons. The van der Waals surface area contributed by atoms with Crippen LogP contribution in [0.3, 0.4) is 0 Å². The highest BCUT2D eigenvalue weighted by Crippen LogP contribution is 2.65. The Balaban J connectivity index is 1.49. The Hall–Kier alpha value is -1.71. The van der Waals surface area contributed by atoms with Crippen LogP contribution in [0.2, 0.25) is 0 Å². The number of rotatable bonds is 1. The summed E-state index contributed by atoms with van der Waals surface area (Å²) in [7, 11) is 0. The van der Waals surface area contributed by atoms with Crippen molar-refractivity contribution in [1.29, 1.82) is 0 Å². The number of cyclic esters (lactones) is 1. The number of ketones is 2. The molecule has 0 saturated heterocycles. The summed E-state index contributed by atoms with van der Waals surface area (Å²) in [5.41, 5.74) is 2.31. The highest BCUT2D eigenvalue weighted by Gasteiger charge is 2.61. The van der Waals surface area contributed by atoms with Crippen LogP contribution in [0.1, 0.15) is 58.8 Å². The van der Waals surface area contributed by atoms with E-state index in [0.717, 1.165) is 31.3 Å². The van der Waals surface area contributed by atoms with E-state index in [0.29, 0.717) is 49.3 Å². The quantitative estimate of drug-likeness (QED) is 0.522. The first-order valence-corrected chi connectivity index (χ1v) is 10.4. The number of ether oxygens (including phenoxy) is 1. The van der Waals surface area contributed by atoms with E-state index in [-0.39, 0.29) is 28.6 Å². The van der Waals surface area contributed by atoms with Crippen molar-refractivity contribution in [3.63, 3.8) is 0 Å². The monoisotopic (exact) mass is 368 g/mol. The van der Waals surface area contributed by atoms with Gasteiger partial charge in [-0.05, 0) is 54.4 Å². The molecule has 3 saturated carbocycles. The fourth-order valence-corrected chi connectivity index (χ4v) is 7.36. The van der Waals surface area contributed by atoms with Crippen LogP contribution in [0, 0.1) is 34.5 Å². The summed E-state index contributed by atoms with van der Waals surface area (Å²) in [6.45, 7) is 4.89. The van der Waals surface area contributed by atoms with E-state index in [4.69, 9.17) is 4.74 Å². The number of allylic oxidation sites excluding steroid dienone is 2. The van der Waals surface area contributed by atoms with Gasteiger partial charge >= 0.3 is 5.97 Å². The third-order valence-corrected chi connectivity index (χ3v) is 8.71. The topological polar surface area (TPSA) is 60.4 Å². The molecular formula is C23H28O4. The van der Waals surface area contributed by atoms with Gasteiger partial charge in [0.15, 0.2) is 0 Å². The van der Waals surface area contributed by atoms with E-state index in [1.807, 2.05) is 0 Å². The Morgan fingerprint density at radius 3 is 2.70 bits per heavy atom. The lowest BCUT2D eigenvalue weighted by Gasteiger charge is -2.57. The Kier molecular flexibility index (Phi) is 3.64. The van der Waals surface area contributed by atoms with E-state index in [9.17, 15) is 14.4 Å². The minimum atomic E-state index is -0.248. The SMILES string of the molecule is C[C@]12CCC(=O)C[C@H]1CC[C@H]1C3=CC[C@H](C4=CC(=O)OC4)[C@@]3(C)CC(=O)[C@@H]12. The molecule has 3 fully saturated rings. The fraction of sp³-hybridized carbons (Fsp3) is 0.696. The summed E-state index contributed by atoms with van der Waals surface area (Å²) in [6, 6.07) is 0. The molecular weight excluding hydrogens is 340 g/mol. The molecule has 4 heteroatoms. The van der Waals surface area contributed by atoms with Crippen molar-refractivity contribution in [2.75, 3.05) is 6.61 Å². The number of carbonyl (C=O) groups is 3. The van der Waals surface area contributed by atoms with Gasteiger partial charge in [0.2, 0.25) is 0 Å². The molecule has 4 nitrogen and oxygen atoms in total. The van der Waals surface area contributed by atoms with Crippen molar-refractivity contribution >= 4 is 17.5 Å². The normalized spacial score (nSPS) is 46.2. The average molecular weight is 368 g/mol. The number of Topliss-reactive ketones (excluding diaryl/α,β-unsaturated/α-hetero) is 2. The molecule has 6 atom stereocenters. The van der Waals surface area contributed by atoms with Gasteiger partial charge in [-0.15, -0.1) is 0 Å². The van der Waals surface area contributed by atoms with Gasteiger partial charge in [-0.3, -0.25) is 9.59 Å². The highest BCUT2D eigenvalue weighted by molar-refractivity contribution is 5.88. The molecule has 1 heterocycles. The number of hydrogen-bond donors (Lipinski definition) is 0. The van der Waals surface area contributed by atoms with Gasteiger partial charge in [-0.2, -0.15) is 0 Å². The Morgan fingerprint density at radius 2 is 1.96 bits per heavy atom. The number of fused-ring (bicyclic) bond motifs is 5. The minimum Gasteiger partial charge on any atom is -0.458 e. The van der Waals surface area contributed by atoms with Gasteiger partial charge in [-0.25, -0.2) is 4.79 Å². The predicted molar refractivity (Wildman–Crippen MR) is 99.6 cm³/mol. The second-order valence-corrected chi connectivity index (χ2v) is 9.94. The van der Waals surface area contributed by atoms with E-state index >= 15 is 0 Å². The van der Waals surface area contributed by atoms with Crippen molar-refractivity contribution in [1.82, 2.24) is 0 Å². The zero-order valence-electron chi connectivity index (χ0n) is 16.3. The van der Waals surface area contributed by atoms with Gasteiger partial charge in [0.1, 0.15) is 18.2 Å². The molecule has 0 aromatic rings. The summed E-state index contributed by atoms with van der Waals surface area (Å²) in [5, 5.41) is 0. The lowest BCUT2D eigenvalue weighted by Crippen LogP contribution is -2.55. The maximum atomic E-state index is 13.5. The van der Waals surface area contributed by atoms with Gasteiger partial charge in [-0.1, -0.05) is 25.5 Å². The number of esters is 1. The van der Waals surface area contributed by atoms with Crippen LogP contribution < -0.4 is 0 Å². The van der Waals surface area contributed by atoms with Crippen molar-refractivity contribution in [3.8, 4) is 0 Å². The zero-order valence-corrected chi connectivity index (χ0v) is 16.3. The fourth-order valence-electron chi connectivity index (χ4n) is 7.36. The van der Waals surface area contributed by atoms with E-state index in [1.54, 1.807) is 6.08 Å². The lowest BCUT2D eigenvalue weighted by atomic mass is 9.45. The van der Waals surface area contributed by atoms with Crippen molar-refractivity contribution < 1.29 is 19.1 Å². The Morgan fingerprint density at radius 1 is 1.15 bits per heavy atom. The minimum absolute atomic E-state index is 0.0279. The molecule has 5 rings (SSSR count). The van der Waals surface area contributed by atoms with Crippen molar-refractivity contribution in [2.24, 2.45) is 34.5 Å². The molecule has 0 aromatic heterocycles. The number of hydrogen-bond acceptors (Lipinski definition) is 4. The van der Waals surface area contributed by atoms with Crippen LogP contribution >= 0.6 is 0 Å². The van der Waals surface area contributed by atoms with E-state index < -0.39 is 0 Å². The van der Waals surface area contributed by atoms with Crippen LogP contribution in [0.5, 0.6) is 0 Å². The third-order valence-electron chi connectivity index (χ3n) is 8.71. The van der Waals surface area contributed by atoms with Gasteiger partial charge < -0.3 is 4.74 Å². The van der Waals surface area contributed by atoms with E-state index in [1.165, 1.54) is 5.57 Å². The summed E-state index contributed by atoms with van der Waals surface area (Å²) in [5.74, 6) is 1.48.